The van der Waals surface area contributed by atoms with Gasteiger partial charge in [0.05, 0.1) is 13.2 Å². The van der Waals surface area contributed by atoms with E-state index in [1.165, 1.54) is 31.6 Å². The molecule has 1 aromatic heterocycles. The van der Waals surface area contributed by atoms with E-state index in [0.29, 0.717) is 6.54 Å². The van der Waals surface area contributed by atoms with Crippen LogP contribution in [0.3, 0.4) is 0 Å². The third kappa shape index (κ3) is 3.48. The van der Waals surface area contributed by atoms with Gasteiger partial charge in [0.15, 0.2) is 0 Å². The van der Waals surface area contributed by atoms with Crippen molar-refractivity contribution in [3.05, 3.63) is 48.5 Å². The second-order valence-electron chi connectivity index (χ2n) is 7.48. The summed E-state index contributed by atoms with van der Waals surface area (Å²) in [6, 6.07) is 16.9. The van der Waals surface area contributed by atoms with Crippen molar-refractivity contribution in [3.63, 3.8) is 0 Å². The van der Waals surface area contributed by atoms with Gasteiger partial charge < -0.3 is 24.6 Å². The Bertz CT molecular complexity index is 815. The molecule has 0 bridgehead atoms. The highest BCUT2D eigenvalue weighted by atomic mass is 16.3. The first-order valence-electron chi connectivity index (χ1n) is 9.68. The van der Waals surface area contributed by atoms with Crippen molar-refractivity contribution in [2.75, 3.05) is 45.9 Å². The molecule has 2 heterocycles. The molecule has 4 N–H and O–H groups in total. The first-order chi connectivity index (χ1) is 12.8. The van der Waals surface area contributed by atoms with Gasteiger partial charge in [-0.15, -0.1) is 0 Å². The summed E-state index contributed by atoms with van der Waals surface area (Å²) in [6.07, 6.45) is -0.358. The number of hydrogen-bond donors (Lipinski definition) is 4. The van der Waals surface area contributed by atoms with Crippen LogP contribution < -0.4 is 9.80 Å². The molecule has 0 unspecified atom stereocenters. The SMILES string of the molecule is OCC[NH+]1CC[NH+](C[C@H](O)Cn2c3ccccc3c3ccccc32)CC1. The van der Waals surface area contributed by atoms with Crippen LogP contribution in [0.5, 0.6) is 0 Å². The van der Waals surface area contributed by atoms with E-state index in [0.717, 1.165) is 39.3 Å². The third-order valence-corrected chi connectivity index (χ3v) is 5.73. The molecule has 0 aliphatic carbocycles. The van der Waals surface area contributed by atoms with E-state index < -0.39 is 0 Å². The van der Waals surface area contributed by atoms with Crippen molar-refractivity contribution in [3.8, 4) is 0 Å². The molecule has 0 spiro atoms. The third-order valence-electron chi connectivity index (χ3n) is 5.73. The molecule has 1 atom stereocenters. The number of nitrogens with zero attached hydrogens (tertiary/aromatic N) is 1. The highest BCUT2D eigenvalue weighted by Gasteiger charge is 2.25. The van der Waals surface area contributed by atoms with E-state index in [-0.39, 0.29) is 12.7 Å². The van der Waals surface area contributed by atoms with Crippen LogP contribution in [0.25, 0.3) is 21.8 Å². The second kappa shape index (κ2) is 7.76. The van der Waals surface area contributed by atoms with Gasteiger partial charge in [-0.1, -0.05) is 36.4 Å². The topological polar surface area (TPSA) is 54.3 Å². The predicted octanol–water partition coefficient (Wildman–Crippen LogP) is -1.07. The van der Waals surface area contributed by atoms with Crippen LogP contribution in [0.4, 0.5) is 0 Å². The summed E-state index contributed by atoms with van der Waals surface area (Å²) in [5, 5.41) is 22.4. The minimum atomic E-state index is -0.358. The predicted molar refractivity (Wildman–Crippen MR) is 104 cm³/mol. The van der Waals surface area contributed by atoms with Gasteiger partial charge in [-0.3, -0.25) is 0 Å². The monoisotopic (exact) mass is 355 g/mol. The zero-order valence-corrected chi connectivity index (χ0v) is 15.2. The van der Waals surface area contributed by atoms with Crippen molar-refractivity contribution in [2.24, 2.45) is 0 Å². The molecule has 1 aliphatic heterocycles. The molecule has 5 nitrogen and oxygen atoms in total. The molecule has 138 valence electrons. The average molecular weight is 355 g/mol. The smallest absolute Gasteiger partial charge is 0.127 e. The number of aromatic nitrogens is 1. The molecule has 1 saturated heterocycles. The van der Waals surface area contributed by atoms with Crippen molar-refractivity contribution < 1.29 is 20.0 Å². The van der Waals surface area contributed by atoms with Gasteiger partial charge in [0.1, 0.15) is 45.4 Å². The number of quaternary nitrogens is 2. The van der Waals surface area contributed by atoms with Gasteiger partial charge in [0.2, 0.25) is 0 Å². The van der Waals surface area contributed by atoms with E-state index in [1.807, 2.05) is 0 Å². The highest BCUT2D eigenvalue weighted by molar-refractivity contribution is 6.07. The first-order valence-corrected chi connectivity index (χ1v) is 9.68. The van der Waals surface area contributed by atoms with E-state index >= 15 is 0 Å². The van der Waals surface area contributed by atoms with Crippen molar-refractivity contribution in [1.29, 1.82) is 0 Å². The van der Waals surface area contributed by atoms with Gasteiger partial charge in [0.25, 0.3) is 0 Å². The van der Waals surface area contributed by atoms with Crippen LogP contribution in [0.15, 0.2) is 48.5 Å². The Labute approximate surface area is 154 Å². The van der Waals surface area contributed by atoms with Gasteiger partial charge in [-0.25, -0.2) is 0 Å². The van der Waals surface area contributed by atoms with Gasteiger partial charge in [0, 0.05) is 21.8 Å². The molecule has 3 aromatic rings. The number of aliphatic hydroxyl groups is 2. The quantitative estimate of drug-likeness (QED) is 0.455. The first kappa shape index (κ1) is 17.5. The Hall–Kier alpha value is -1.92. The largest absolute Gasteiger partial charge is 0.391 e. The lowest BCUT2D eigenvalue weighted by Gasteiger charge is -2.30. The minimum Gasteiger partial charge on any atom is -0.391 e. The lowest BCUT2D eigenvalue weighted by atomic mass is 10.2. The number of nitrogens with one attached hydrogen (secondary N) is 2. The van der Waals surface area contributed by atoms with Crippen LogP contribution in [0, 0.1) is 0 Å². The van der Waals surface area contributed by atoms with Crippen LogP contribution in [-0.4, -0.2) is 66.8 Å². The Balaban J connectivity index is 1.48. The Morgan fingerprint density at radius 1 is 0.846 bits per heavy atom. The summed E-state index contributed by atoms with van der Waals surface area (Å²) in [5.74, 6) is 0. The lowest BCUT2D eigenvalue weighted by Crippen LogP contribution is -3.28. The van der Waals surface area contributed by atoms with E-state index in [4.69, 9.17) is 5.11 Å². The van der Waals surface area contributed by atoms with Crippen LogP contribution in [-0.2, 0) is 6.54 Å². The number of benzene rings is 2. The van der Waals surface area contributed by atoms with Crippen LogP contribution in [0.2, 0.25) is 0 Å². The van der Waals surface area contributed by atoms with E-state index in [9.17, 15) is 5.11 Å². The minimum absolute atomic E-state index is 0.265. The van der Waals surface area contributed by atoms with Crippen LogP contribution in [0.1, 0.15) is 0 Å². The summed E-state index contributed by atoms with van der Waals surface area (Å²) in [6.45, 7) is 6.82. The summed E-state index contributed by atoms with van der Waals surface area (Å²) < 4.78 is 2.27. The molecule has 0 amide bonds. The number of piperazine rings is 1. The maximum atomic E-state index is 10.8. The van der Waals surface area contributed by atoms with Crippen molar-refractivity contribution in [2.45, 2.75) is 12.6 Å². The van der Waals surface area contributed by atoms with Gasteiger partial charge in [-0.2, -0.15) is 0 Å². The molecule has 1 aliphatic rings. The average Bonchev–Trinajstić information content (AvgIpc) is 2.98. The molecule has 26 heavy (non-hydrogen) atoms. The summed E-state index contributed by atoms with van der Waals surface area (Å²) in [5.41, 5.74) is 2.39. The molecular weight excluding hydrogens is 326 g/mol. The van der Waals surface area contributed by atoms with Crippen molar-refractivity contribution >= 4 is 21.8 Å². The maximum Gasteiger partial charge on any atom is 0.127 e. The fourth-order valence-corrected chi connectivity index (χ4v) is 4.38. The van der Waals surface area contributed by atoms with E-state index in [1.54, 1.807) is 0 Å². The van der Waals surface area contributed by atoms with Gasteiger partial charge in [-0.05, 0) is 12.1 Å². The van der Waals surface area contributed by atoms with Crippen molar-refractivity contribution in [1.82, 2.24) is 4.57 Å². The number of rotatable bonds is 6. The molecule has 4 rings (SSSR count). The highest BCUT2D eigenvalue weighted by Crippen LogP contribution is 2.28. The summed E-state index contributed by atoms with van der Waals surface area (Å²) in [4.78, 5) is 2.95. The summed E-state index contributed by atoms with van der Waals surface area (Å²) >= 11 is 0. The Morgan fingerprint density at radius 2 is 1.38 bits per heavy atom. The number of hydrogen-bond acceptors (Lipinski definition) is 2. The van der Waals surface area contributed by atoms with Crippen LogP contribution >= 0.6 is 0 Å². The molecule has 2 aromatic carbocycles. The Morgan fingerprint density at radius 3 is 1.96 bits per heavy atom. The molecule has 1 fully saturated rings. The zero-order valence-electron chi connectivity index (χ0n) is 15.2. The standard InChI is InChI=1S/C21H27N3O2/c25-14-13-22-9-11-23(12-10-22)15-17(26)16-24-20-7-3-1-5-18(20)19-6-2-4-8-21(19)24/h1-8,17,25-26H,9-16H2/p+2/t17-/m0/s1. The second-order valence-corrected chi connectivity index (χ2v) is 7.48. The number of fused-ring (bicyclic) bond motifs is 3. The van der Waals surface area contributed by atoms with E-state index in [2.05, 4.69) is 53.1 Å². The fraction of sp³-hybridized carbons (Fsp3) is 0.429. The zero-order chi connectivity index (χ0) is 17.9. The number of para-hydroxylation sites is 2. The molecule has 0 saturated carbocycles. The fourth-order valence-electron chi connectivity index (χ4n) is 4.38. The molecular formula is C21H29N3O2+2. The number of aliphatic hydroxyl groups excluding tert-OH is 2. The maximum absolute atomic E-state index is 10.8. The lowest BCUT2D eigenvalue weighted by molar-refractivity contribution is -1.01. The Kier molecular flexibility index (Phi) is 5.22. The normalized spacial score (nSPS) is 22.1. The van der Waals surface area contributed by atoms with Gasteiger partial charge >= 0.3 is 0 Å². The molecule has 0 radical (unpaired) electrons. The molecule has 5 heteroatoms. The summed E-state index contributed by atoms with van der Waals surface area (Å²) in [7, 11) is 0.